The first-order valence-corrected chi connectivity index (χ1v) is 4.71. The quantitative estimate of drug-likeness (QED) is 0.557. The van der Waals surface area contributed by atoms with Crippen molar-refractivity contribution in [1.29, 1.82) is 0 Å². The topological polar surface area (TPSA) is 21.3 Å². The van der Waals surface area contributed by atoms with E-state index >= 15 is 0 Å². The van der Waals surface area contributed by atoms with Crippen LogP contribution < -0.4 is 5.32 Å². The average molecular weight is 171 g/mol. The molecule has 1 N–H and O–H groups in total. The minimum absolute atomic E-state index is 0.428. The predicted molar refractivity (Wildman–Crippen MR) is 47.4 cm³/mol. The molecule has 2 rings (SSSR count). The number of ether oxygens (including phenoxy) is 1. The monoisotopic (exact) mass is 171 g/mol. The summed E-state index contributed by atoms with van der Waals surface area (Å²) in [4.78, 5) is 0. The van der Waals surface area contributed by atoms with E-state index in [4.69, 9.17) is 17.0 Å². The predicted octanol–water partition coefficient (Wildman–Crippen LogP) is 1.45. The highest BCUT2D eigenvalue weighted by atomic mass is 32.1. The SMILES string of the molecule is S=C1NC[C@@H]2CCCC[C@H]2O1. The van der Waals surface area contributed by atoms with E-state index < -0.39 is 0 Å². The Morgan fingerprint density at radius 1 is 1.36 bits per heavy atom. The highest BCUT2D eigenvalue weighted by Gasteiger charge is 2.30. The second-order valence-corrected chi connectivity index (χ2v) is 3.74. The summed E-state index contributed by atoms with van der Waals surface area (Å²) in [6.45, 7) is 1.03. The molecule has 2 aliphatic rings. The summed E-state index contributed by atoms with van der Waals surface area (Å²) >= 11 is 4.94. The molecule has 1 aliphatic carbocycles. The van der Waals surface area contributed by atoms with Crippen LogP contribution in [0, 0.1) is 5.92 Å². The summed E-state index contributed by atoms with van der Waals surface area (Å²) < 4.78 is 5.51. The summed E-state index contributed by atoms with van der Waals surface area (Å²) in [7, 11) is 0. The van der Waals surface area contributed by atoms with Gasteiger partial charge in [-0.1, -0.05) is 6.42 Å². The van der Waals surface area contributed by atoms with Gasteiger partial charge in [0.25, 0.3) is 5.17 Å². The average Bonchev–Trinajstić information content (AvgIpc) is 2.04. The molecule has 2 fully saturated rings. The third kappa shape index (κ3) is 1.48. The number of thiocarbonyl (C=S) groups is 1. The highest BCUT2D eigenvalue weighted by Crippen LogP contribution is 2.28. The summed E-state index contributed by atoms with van der Waals surface area (Å²) in [5.74, 6) is 0.718. The fourth-order valence-corrected chi connectivity index (χ4v) is 2.16. The molecule has 3 heteroatoms. The molecular formula is C8H13NOS. The van der Waals surface area contributed by atoms with Crippen molar-refractivity contribution in [2.45, 2.75) is 31.8 Å². The first kappa shape index (κ1) is 7.35. The molecule has 0 bridgehead atoms. The number of hydrogen-bond acceptors (Lipinski definition) is 2. The zero-order chi connectivity index (χ0) is 7.68. The molecule has 1 saturated heterocycles. The van der Waals surface area contributed by atoms with Gasteiger partial charge in [-0.25, -0.2) is 0 Å². The Bertz CT molecular complexity index is 171. The molecule has 0 spiro atoms. The van der Waals surface area contributed by atoms with Crippen LogP contribution in [0.1, 0.15) is 25.7 Å². The van der Waals surface area contributed by atoms with Crippen LogP contribution in [0.4, 0.5) is 0 Å². The fraction of sp³-hybridized carbons (Fsp3) is 0.875. The summed E-state index contributed by atoms with van der Waals surface area (Å²) in [6.07, 6.45) is 5.60. The second-order valence-electron chi connectivity index (χ2n) is 3.37. The Morgan fingerprint density at radius 3 is 3.09 bits per heavy atom. The lowest BCUT2D eigenvalue weighted by atomic mass is 9.86. The molecule has 0 aromatic carbocycles. The number of fused-ring (bicyclic) bond motifs is 1. The molecule has 0 aromatic rings. The van der Waals surface area contributed by atoms with Crippen molar-refractivity contribution in [3.63, 3.8) is 0 Å². The van der Waals surface area contributed by atoms with Crippen LogP contribution in [0.2, 0.25) is 0 Å². The maximum absolute atomic E-state index is 5.51. The van der Waals surface area contributed by atoms with Gasteiger partial charge in [0.05, 0.1) is 0 Å². The van der Waals surface area contributed by atoms with Crippen molar-refractivity contribution in [2.75, 3.05) is 6.54 Å². The highest BCUT2D eigenvalue weighted by molar-refractivity contribution is 7.80. The van der Waals surface area contributed by atoms with Gasteiger partial charge in [-0.15, -0.1) is 0 Å². The molecule has 0 aromatic heterocycles. The maximum Gasteiger partial charge on any atom is 0.256 e. The van der Waals surface area contributed by atoms with Crippen LogP contribution >= 0.6 is 12.2 Å². The van der Waals surface area contributed by atoms with Gasteiger partial charge in [-0.3, -0.25) is 0 Å². The van der Waals surface area contributed by atoms with Gasteiger partial charge in [-0.2, -0.15) is 0 Å². The molecule has 0 unspecified atom stereocenters. The van der Waals surface area contributed by atoms with E-state index in [-0.39, 0.29) is 0 Å². The van der Waals surface area contributed by atoms with Crippen LogP contribution in [0.25, 0.3) is 0 Å². The normalized spacial score (nSPS) is 36.9. The fourth-order valence-electron chi connectivity index (χ4n) is 1.96. The summed E-state index contributed by atoms with van der Waals surface area (Å²) in [6, 6.07) is 0. The Kier molecular flexibility index (Phi) is 1.98. The van der Waals surface area contributed by atoms with E-state index in [0.717, 1.165) is 12.5 Å². The van der Waals surface area contributed by atoms with Crippen molar-refractivity contribution in [2.24, 2.45) is 5.92 Å². The maximum atomic E-state index is 5.51. The van der Waals surface area contributed by atoms with Crippen LogP contribution in [-0.4, -0.2) is 17.8 Å². The lowest BCUT2D eigenvalue weighted by Gasteiger charge is -2.36. The molecule has 62 valence electrons. The van der Waals surface area contributed by atoms with E-state index in [9.17, 15) is 0 Å². The van der Waals surface area contributed by atoms with Crippen molar-refractivity contribution in [3.8, 4) is 0 Å². The molecule has 1 aliphatic heterocycles. The second kappa shape index (κ2) is 2.97. The Morgan fingerprint density at radius 2 is 2.18 bits per heavy atom. The molecule has 2 atom stereocenters. The third-order valence-electron chi connectivity index (χ3n) is 2.61. The smallest absolute Gasteiger partial charge is 0.256 e. The van der Waals surface area contributed by atoms with Crippen molar-refractivity contribution in [3.05, 3.63) is 0 Å². The van der Waals surface area contributed by atoms with E-state index in [1.54, 1.807) is 0 Å². The van der Waals surface area contributed by atoms with Crippen LogP contribution in [-0.2, 0) is 4.74 Å². The van der Waals surface area contributed by atoms with E-state index in [1.807, 2.05) is 0 Å². The van der Waals surface area contributed by atoms with Crippen LogP contribution in [0.5, 0.6) is 0 Å². The Balaban J connectivity index is 1.98. The molecule has 0 radical (unpaired) electrons. The molecule has 1 heterocycles. The largest absolute Gasteiger partial charge is 0.467 e. The summed E-state index contributed by atoms with van der Waals surface area (Å²) in [5, 5.41) is 3.70. The third-order valence-corrected chi connectivity index (χ3v) is 2.85. The van der Waals surface area contributed by atoms with Gasteiger partial charge in [-0.05, 0) is 31.5 Å². The molecule has 2 nitrogen and oxygen atoms in total. The van der Waals surface area contributed by atoms with Gasteiger partial charge in [0.2, 0.25) is 0 Å². The number of rotatable bonds is 0. The standard InChI is InChI=1S/C8H13NOS/c11-8-9-5-6-3-1-2-4-7(6)10-8/h6-7H,1-5H2,(H,9,11)/t6-,7+/m0/s1. The zero-order valence-electron chi connectivity index (χ0n) is 6.51. The van der Waals surface area contributed by atoms with Crippen molar-refractivity contribution < 1.29 is 4.74 Å². The minimum Gasteiger partial charge on any atom is -0.467 e. The summed E-state index contributed by atoms with van der Waals surface area (Å²) in [5.41, 5.74) is 0. The zero-order valence-corrected chi connectivity index (χ0v) is 7.32. The van der Waals surface area contributed by atoms with Gasteiger partial charge < -0.3 is 10.1 Å². The van der Waals surface area contributed by atoms with E-state index in [2.05, 4.69) is 5.32 Å². The molecule has 1 saturated carbocycles. The van der Waals surface area contributed by atoms with Crippen LogP contribution in [0.15, 0.2) is 0 Å². The number of hydrogen-bond donors (Lipinski definition) is 1. The van der Waals surface area contributed by atoms with Crippen molar-refractivity contribution in [1.82, 2.24) is 5.32 Å². The van der Waals surface area contributed by atoms with Gasteiger partial charge in [0, 0.05) is 12.5 Å². The first-order chi connectivity index (χ1) is 5.36. The molecule has 11 heavy (non-hydrogen) atoms. The lowest BCUT2D eigenvalue weighted by Crippen LogP contribution is -2.46. The molecular weight excluding hydrogens is 158 g/mol. The number of nitrogens with one attached hydrogen (secondary N) is 1. The lowest BCUT2D eigenvalue weighted by molar-refractivity contribution is 0.0604. The molecule has 0 amide bonds. The Labute approximate surface area is 72.3 Å². The van der Waals surface area contributed by atoms with Crippen LogP contribution in [0.3, 0.4) is 0 Å². The Hall–Kier alpha value is -0.310. The first-order valence-electron chi connectivity index (χ1n) is 4.31. The van der Waals surface area contributed by atoms with Gasteiger partial charge in [0.15, 0.2) is 0 Å². The van der Waals surface area contributed by atoms with E-state index in [1.165, 1.54) is 25.7 Å². The van der Waals surface area contributed by atoms with Crippen molar-refractivity contribution >= 4 is 17.4 Å². The van der Waals surface area contributed by atoms with E-state index in [0.29, 0.717) is 11.3 Å². The van der Waals surface area contributed by atoms with Gasteiger partial charge >= 0.3 is 0 Å². The minimum atomic E-state index is 0.428. The van der Waals surface area contributed by atoms with Gasteiger partial charge in [0.1, 0.15) is 6.10 Å².